The van der Waals surface area contributed by atoms with Crippen LogP contribution in [0, 0.1) is 6.92 Å². The third kappa shape index (κ3) is 2.73. The predicted octanol–water partition coefficient (Wildman–Crippen LogP) is 0.452. The Balaban J connectivity index is 2.79. The summed E-state index contributed by atoms with van der Waals surface area (Å²) in [5.74, 6) is 0.0319. The number of rotatable bonds is 4. The van der Waals surface area contributed by atoms with Gasteiger partial charge in [-0.1, -0.05) is 11.8 Å². The molecule has 0 radical (unpaired) electrons. The van der Waals surface area contributed by atoms with Gasteiger partial charge in [-0.15, -0.1) is 0 Å². The molecule has 0 saturated carbocycles. The zero-order valence-corrected chi connectivity index (χ0v) is 9.93. The van der Waals surface area contributed by atoms with Crippen molar-refractivity contribution in [3.05, 3.63) is 11.3 Å². The molecule has 0 unspecified atom stereocenters. The van der Waals surface area contributed by atoms with Crippen LogP contribution in [0.3, 0.4) is 0 Å². The number of nitrogens with two attached hydrogens (primary N) is 1. The fraction of sp³-hybridized carbons (Fsp3) is 0.556. The van der Waals surface area contributed by atoms with E-state index in [1.54, 1.807) is 4.68 Å². The second kappa shape index (κ2) is 5.18. The van der Waals surface area contributed by atoms with E-state index in [9.17, 15) is 4.79 Å². The molecule has 15 heavy (non-hydrogen) atoms. The molecule has 1 aromatic heterocycles. The summed E-state index contributed by atoms with van der Waals surface area (Å²) in [6.45, 7) is 2.34. The maximum atomic E-state index is 11.0. The highest BCUT2D eigenvalue weighted by Crippen LogP contribution is 2.24. The Morgan fingerprint density at radius 3 is 2.87 bits per heavy atom. The first-order valence-corrected chi connectivity index (χ1v) is 5.50. The molecule has 0 aliphatic heterocycles. The maximum absolute atomic E-state index is 11.0. The van der Waals surface area contributed by atoms with E-state index in [2.05, 4.69) is 9.84 Å². The van der Waals surface area contributed by atoms with E-state index in [-0.39, 0.29) is 11.7 Å². The van der Waals surface area contributed by atoms with Crippen LogP contribution in [0.15, 0.2) is 5.03 Å². The van der Waals surface area contributed by atoms with Crippen LogP contribution in [0.5, 0.6) is 0 Å². The second-order valence-corrected chi connectivity index (χ2v) is 4.03. The van der Waals surface area contributed by atoms with E-state index in [0.717, 1.165) is 16.3 Å². The predicted molar refractivity (Wildman–Crippen MR) is 58.6 cm³/mol. The number of esters is 1. The fourth-order valence-electron chi connectivity index (χ4n) is 1.28. The van der Waals surface area contributed by atoms with Gasteiger partial charge in [0, 0.05) is 19.2 Å². The smallest absolute Gasteiger partial charge is 0.316 e. The Bertz CT molecular complexity index is 362. The van der Waals surface area contributed by atoms with E-state index in [0.29, 0.717) is 6.54 Å². The summed E-state index contributed by atoms with van der Waals surface area (Å²) in [5, 5.41) is 5.18. The molecule has 2 N–H and O–H groups in total. The molecule has 0 aliphatic carbocycles. The molecule has 0 saturated heterocycles. The fourth-order valence-corrected chi connectivity index (χ4v) is 2.29. The van der Waals surface area contributed by atoms with E-state index >= 15 is 0 Å². The van der Waals surface area contributed by atoms with Crippen LogP contribution in [0.2, 0.25) is 0 Å². The van der Waals surface area contributed by atoms with Gasteiger partial charge in [-0.05, 0) is 6.92 Å². The summed E-state index contributed by atoms with van der Waals surface area (Å²) in [5.41, 5.74) is 7.52. The number of nitrogens with zero attached hydrogens (tertiary/aromatic N) is 2. The molecular formula is C9H15N3O2S. The SMILES string of the molecule is COC(=O)CSc1c(CN)c(C)nn1C. The van der Waals surface area contributed by atoms with Gasteiger partial charge in [0.2, 0.25) is 0 Å². The van der Waals surface area contributed by atoms with Crippen LogP contribution in [-0.2, 0) is 23.1 Å². The van der Waals surface area contributed by atoms with Crippen LogP contribution in [-0.4, -0.2) is 28.6 Å². The van der Waals surface area contributed by atoms with Gasteiger partial charge in [0.05, 0.1) is 23.6 Å². The highest BCUT2D eigenvalue weighted by atomic mass is 32.2. The Kier molecular flexibility index (Phi) is 4.16. The van der Waals surface area contributed by atoms with Gasteiger partial charge in [-0.3, -0.25) is 9.48 Å². The van der Waals surface area contributed by atoms with Gasteiger partial charge in [-0.2, -0.15) is 5.10 Å². The molecule has 1 heterocycles. The number of hydrogen-bond donors (Lipinski definition) is 1. The van der Waals surface area contributed by atoms with Crippen LogP contribution >= 0.6 is 11.8 Å². The molecule has 84 valence electrons. The Morgan fingerprint density at radius 2 is 2.33 bits per heavy atom. The molecule has 0 atom stereocenters. The van der Waals surface area contributed by atoms with Crippen LogP contribution < -0.4 is 5.73 Å². The average Bonchev–Trinajstić information content (AvgIpc) is 2.49. The molecule has 5 nitrogen and oxygen atoms in total. The van der Waals surface area contributed by atoms with Gasteiger partial charge in [-0.25, -0.2) is 0 Å². The minimum absolute atomic E-state index is 0.248. The molecule has 1 aromatic rings. The lowest BCUT2D eigenvalue weighted by molar-refractivity contribution is -0.137. The molecule has 6 heteroatoms. The van der Waals surface area contributed by atoms with Crippen molar-refractivity contribution >= 4 is 17.7 Å². The summed E-state index contributed by atoms with van der Waals surface area (Å²) in [4.78, 5) is 11.0. The number of methoxy groups -OCH3 is 1. The first-order valence-electron chi connectivity index (χ1n) is 4.52. The number of hydrogen-bond acceptors (Lipinski definition) is 5. The summed E-state index contributed by atoms with van der Waals surface area (Å²) in [7, 11) is 3.22. The quantitative estimate of drug-likeness (QED) is 0.599. The molecular weight excluding hydrogens is 214 g/mol. The number of carbonyl (C=O) groups excluding carboxylic acids is 1. The number of thioether (sulfide) groups is 1. The first kappa shape index (κ1) is 12.1. The van der Waals surface area contributed by atoms with Gasteiger partial charge < -0.3 is 10.5 Å². The van der Waals surface area contributed by atoms with Gasteiger partial charge in [0.25, 0.3) is 0 Å². The third-order valence-electron chi connectivity index (χ3n) is 2.05. The standard InChI is InChI=1S/C9H15N3O2S/c1-6-7(4-10)9(12(2)11-6)15-5-8(13)14-3/h4-5,10H2,1-3H3. The number of aromatic nitrogens is 2. The van der Waals surface area contributed by atoms with Crippen molar-refractivity contribution in [1.29, 1.82) is 0 Å². The summed E-state index contributed by atoms with van der Waals surface area (Å²) in [6, 6.07) is 0. The molecule has 0 aliphatic rings. The first-order chi connectivity index (χ1) is 7.10. The zero-order valence-electron chi connectivity index (χ0n) is 9.11. The van der Waals surface area contributed by atoms with Crippen LogP contribution in [0.1, 0.15) is 11.3 Å². The normalized spacial score (nSPS) is 10.4. The maximum Gasteiger partial charge on any atom is 0.316 e. The van der Waals surface area contributed by atoms with Crippen molar-refractivity contribution in [2.45, 2.75) is 18.5 Å². The number of aryl methyl sites for hydroxylation is 2. The minimum Gasteiger partial charge on any atom is -0.468 e. The molecule has 0 spiro atoms. The highest BCUT2D eigenvalue weighted by Gasteiger charge is 2.13. The Hall–Kier alpha value is -1.01. The summed E-state index contributed by atoms with van der Waals surface area (Å²) in [6.07, 6.45) is 0. The minimum atomic E-state index is -0.248. The summed E-state index contributed by atoms with van der Waals surface area (Å²) >= 11 is 1.40. The zero-order chi connectivity index (χ0) is 11.4. The summed E-state index contributed by atoms with van der Waals surface area (Å²) < 4.78 is 6.31. The second-order valence-electron chi connectivity index (χ2n) is 3.06. The van der Waals surface area contributed by atoms with Crippen molar-refractivity contribution in [1.82, 2.24) is 9.78 Å². The van der Waals surface area contributed by atoms with Gasteiger partial charge in [0.15, 0.2) is 0 Å². The highest BCUT2D eigenvalue weighted by molar-refractivity contribution is 7.99. The largest absolute Gasteiger partial charge is 0.468 e. The lowest BCUT2D eigenvalue weighted by atomic mass is 10.3. The van der Waals surface area contributed by atoms with Crippen LogP contribution in [0.4, 0.5) is 0 Å². The molecule has 0 aromatic carbocycles. The van der Waals surface area contributed by atoms with Crippen molar-refractivity contribution in [2.24, 2.45) is 12.8 Å². The van der Waals surface area contributed by atoms with E-state index in [1.165, 1.54) is 18.9 Å². The molecule has 0 fully saturated rings. The third-order valence-corrected chi connectivity index (χ3v) is 3.21. The van der Waals surface area contributed by atoms with Crippen LogP contribution in [0.25, 0.3) is 0 Å². The lowest BCUT2D eigenvalue weighted by Gasteiger charge is -2.03. The van der Waals surface area contributed by atoms with Crippen molar-refractivity contribution < 1.29 is 9.53 Å². The van der Waals surface area contributed by atoms with Gasteiger partial charge in [0.1, 0.15) is 0 Å². The molecule has 0 bridgehead atoms. The average molecular weight is 229 g/mol. The number of carbonyl (C=O) groups is 1. The monoisotopic (exact) mass is 229 g/mol. The van der Waals surface area contributed by atoms with E-state index in [1.807, 2.05) is 14.0 Å². The van der Waals surface area contributed by atoms with E-state index < -0.39 is 0 Å². The number of ether oxygens (including phenoxy) is 1. The van der Waals surface area contributed by atoms with E-state index in [4.69, 9.17) is 5.73 Å². The van der Waals surface area contributed by atoms with Crippen molar-refractivity contribution in [3.8, 4) is 0 Å². The Labute approximate surface area is 93.0 Å². The molecule has 0 amide bonds. The Morgan fingerprint density at radius 1 is 1.67 bits per heavy atom. The molecule has 1 rings (SSSR count). The topological polar surface area (TPSA) is 70.1 Å². The van der Waals surface area contributed by atoms with Crippen molar-refractivity contribution in [3.63, 3.8) is 0 Å². The lowest BCUT2D eigenvalue weighted by Crippen LogP contribution is -2.06. The van der Waals surface area contributed by atoms with Gasteiger partial charge >= 0.3 is 5.97 Å². The van der Waals surface area contributed by atoms with Crippen molar-refractivity contribution in [2.75, 3.05) is 12.9 Å².